The number of aliphatic imine (C=N–C) groups is 2. The molecule has 2 heterocycles. The standard InChI is InChI=1S/C29H37N5O4.C23H32N4O5.C6H7N/c1-5-15-34(16-9-14-31-28(37)38-29(2,3)4)27(36)22-17-20-12-13-21(18-24(20)33-25(30)19-22)26(35)32-23-10-7-6-8-11-23;1-5-10-27(11-6-9-25-22(31)32-23(2,3)4)20(28)17-12-15-7-8-16(21(29)30)13-18(15)26-19(24)14-17;7-6-4-2-1-3-5-6/h6-8,10-13,17-18H,5,9,14-16,19H2,1-4H3,(H2,30,33)(H,31,37)(H,32,35);7-8,12-13H,5-6,9-11,14H2,1-4H3,(H2,24,26)(H,25,31)(H,29,30);1-5H,7H2. The number of alkyl carbamates (subject to hydrolysis) is 2. The monoisotopic (exact) mass is 1060 g/mol. The Bertz CT molecular complexity index is 2800. The SMILES string of the molecule is CCCN(CCCNC(=O)OC(C)(C)C)C(=O)C1=Cc2ccc(C(=O)Nc3ccccc3)cc2N=C(N)C1.CCCN(CCCNC(=O)OC(C)(C)C)C(=O)C1=Cc2ccc(C(=O)O)cc2N=C(N)C1.Nc1ccccc1. The molecule has 0 saturated heterocycles. The number of nitrogen functional groups attached to an aromatic ring is 1. The molecule has 6 rings (SSSR count). The molecule has 19 nitrogen and oxygen atoms in total. The van der Waals surface area contributed by atoms with Gasteiger partial charge in [0.2, 0.25) is 11.8 Å². The molecule has 5 amide bonds. The van der Waals surface area contributed by atoms with Gasteiger partial charge in [0, 0.05) is 91.3 Å². The summed E-state index contributed by atoms with van der Waals surface area (Å²) in [5, 5.41) is 17.5. The van der Waals surface area contributed by atoms with Crippen LogP contribution in [0.5, 0.6) is 0 Å². The van der Waals surface area contributed by atoms with Crippen LogP contribution in [0.2, 0.25) is 0 Å². The van der Waals surface area contributed by atoms with Gasteiger partial charge in [-0.15, -0.1) is 0 Å². The van der Waals surface area contributed by atoms with Crippen LogP contribution < -0.4 is 33.2 Å². The van der Waals surface area contributed by atoms with E-state index in [1.807, 2.05) is 95.3 Å². The maximum atomic E-state index is 13.5. The van der Waals surface area contributed by atoms with Crippen LogP contribution in [0.4, 0.5) is 32.3 Å². The molecule has 77 heavy (non-hydrogen) atoms. The van der Waals surface area contributed by atoms with Gasteiger partial charge in [0.15, 0.2) is 0 Å². The third-order valence-electron chi connectivity index (χ3n) is 11.0. The Labute approximate surface area is 452 Å². The van der Waals surface area contributed by atoms with Crippen LogP contribution in [0.1, 0.15) is 126 Å². The van der Waals surface area contributed by atoms with E-state index >= 15 is 0 Å². The highest BCUT2D eigenvalue weighted by molar-refractivity contribution is 6.08. The highest BCUT2D eigenvalue weighted by atomic mass is 16.6. The molecule has 0 saturated carbocycles. The summed E-state index contributed by atoms with van der Waals surface area (Å²) in [5.74, 6) is -1.05. The van der Waals surface area contributed by atoms with Crippen molar-refractivity contribution in [1.29, 1.82) is 0 Å². The lowest BCUT2D eigenvalue weighted by molar-refractivity contribution is -0.128. The van der Waals surface area contributed by atoms with Crippen LogP contribution in [-0.4, -0.2) is 113 Å². The van der Waals surface area contributed by atoms with Crippen molar-refractivity contribution in [3.05, 3.63) is 130 Å². The molecule has 0 aliphatic carbocycles. The molecule has 412 valence electrons. The van der Waals surface area contributed by atoms with Gasteiger partial charge in [0.1, 0.15) is 22.9 Å². The molecule has 2 aliphatic heterocycles. The zero-order valence-corrected chi connectivity index (χ0v) is 45.6. The number of hydrogen-bond donors (Lipinski definition) is 7. The Balaban J connectivity index is 0.000000297. The minimum atomic E-state index is -1.06. The van der Waals surface area contributed by atoms with E-state index in [-0.39, 0.29) is 42.0 Å². The molecule has 0 radical (unpaired) electrons. The van der Waals surface area contributed by atoms with Gasteiger partial charge in [-0.25, -0.2) is 24.4 Å². The summed E-state index contributed by atoms with van der Waals surface area (Å²) < 4.78 is 10.5. The van der Waals surface area contributed by atoms with Gasteiger partial charge >= 0.3 is 18.2 Å². The Hall–Kier alpha value is -8.48. The number of nitrogens with two attached hydrogens (primary N) is 3. The number of anilines is 2. The Morgan fingerprint density at radius 1 is 0.584 bits per heavy atom. The number of carbonyl (C=O) groups excluding carboxylic acids is 5. The zero-order chi connectivity index (χ0) is 56.7. The Morgan fingerprint density at radius 2 is 1.00 bits per heavy atom. The summed E-state index contributed by atoms with van der Waals surface area (Å²) in [6.07, 6.45) is 5.64. The number of carboxylic acids is 1. The van der Waals surface area contributed by atoms with E-state index < -0.39 is 29.4 Å². The first-order valence-corrected chi connectivity index (χ1v) is 25.7. The lowest BCUT2D eigenvalue weighted by atomic mass is 10.0. The van der Waals surface area contributed by atoms with Crippen LogP contribution >= 0.6 is 0 Å². The van der Waals surface area contributed by atoms with E-state index in [9.17, 15) is 33.9 Å². The number of nitrogens with zero attached hydrogens (tertiary/aromatic N) is 4. The van der Waals surface area contributed by atoms with Gasteiger partial charge in [-0.1, -0.05) is 62.4 Å². The van der Waals surface area contributed by atoms with Crippen molar-refractivity contribution < 1.29 is 43.3 Å². The average molecular weight is 1060 g/mol. The molecule has 4 aromatic carbocycles. The van der Waals surface area contributed by atoms with Crippen molar-refractivity contribution in [2.24, 2.45) is 21.5 Å². The fraction of sp³-hybridized carbons (Fsp3) is 0.379. The normalized spacial score (nSPS) is 12.6. The van der Waals surface area contributed by atoms with Gasteiger partial charge < -0.3 is 57.5 Å². The molecular formula is C58H76N10O9. The van der Waals surface area contributed by atoms with Crippen molar-refractivity contribution in [2.45, 2.75) is 105 Å². The number of rotatable bonds is 17. The van der Waals surface area contributed by atoms with Gasteiger partial charge in [-0.3, -0.25) is 14.4 Å². The van der Waals surface area contributed by atoms with Gasteiger partial charge in [0.25, 0.3) is 5.91 Å². The van der Waals surface area contributed by atoms with Crippen LogP contribution in [0, 0.1) is 0 Å². The Kier molecular flexibility index (Phi) is 23.5. The lowest BCUT2D eigenvalue weighted by Crippen LogP contribution is -2.37. The molecule has 10 N–H and O–H groups in total. The van der Waals surface area contributed by atoms with Gasteiger partial charge in [-0.05, 0) is 128 Å². The number of amides is 5. The van der Waals surface area contributed by atoms with Gasteiger partial charge in [0.05, 0.1) is 16.9 Å². The van der Waals surface area contributed by atoms with E-state index in [2.05, 4.69) is 25.9 Å². The molecule has 0 bridgehead atoms. The number of aromatic carboxylic acids is 1. The van der Waals surface area contributed by atoms with Crippen molar-refractivity contribution in [2.75, 3.05) is 50.3 Å². The first-order valence-electron chi connectivity index (χ1n) is 25.7. The predicted octanol–water partition coefficient (Wildman–Crippen LogP) is 9.45. The second-order valence-corrected chi connectivity index (χ2v) is 20.1. The molecule has 4 aromatic rings. The van der Waals surface area contributed by atoms with Crippen LogP contribution in [-0.2, 0) is 19.1 Å². The molecule has 0 spiro atoms. The number of carboxylic acid groups (broad SMARTS) is 1. The first kappa shape index (κ1) is 61.1. The highest BCUT2D eigenvalue weighted by Gasteiger charge is 2.24. The fourth-order valence-electron chi connectivity index (χ4n) is 7.63. The maximum absolute atomic E-state index is 13.5. The molecule has 0 unspecified atom stereocenters. The summed E-state index contributed by atoms with van der Waals surface area (Å²) in [4.78, 5) is 86.6. The van der Waals surface area contributed by atoms with Crippen molar-refractivity contribution in [3.8, 4) is 0 Å². The topological polar surface area (TPSA) is 286 Å². The van der Waals surface area contributed by atoms with E-state index in [1.54, 1.807) is 67.0 Å². The van der Waals surface area contributed by atoms with Crippen molar-refractivity contribution in [3.63, 3.8) is 0 Å². The first-order chi connectivity index (χ1) is 36.4. The molecule has 0 aromatic heterocycles. The second-order valence-electron chi connectivity index (χ2n) is 20.1. The number of para-hydroxylation sites is 2. The molecule has 0 atom stereocenters. The summed E-state index contributed by atoms with van der Waals surface area (Å²) in [6.45, 7) is 17.6. The fourth-order valence-corrected chi connectivity index (χ4v) is 7.63. The summed E-state index contributed by atoms with van der Waals surface area (Å²) in [7, 11) is 0. The molecule has 0 fully saturated rings. The number of carbonyl (C=O) groups is 6. The van der Waals surface area contributed by atoms with Crippen LogP contribution in [0.3, 0.4) is 0 Å². The number of fused-ring (bicyclic) bond motifs is 2. The lowest BCUT2D eigenvalue weighted by Gasteiger charge is -2.24. The van der Waals surface area contributed by atoms with Gasteiger partial charge in [-0.2, -0.15) is 0 Å². The zero-order valence-electron chi connectivity index (χ0n) is 45.6. The van der Waals surface area contributed by atoms with E-state index in [1.165, 1.54) is 12.1 Å². The third kappa shape index (κ3) is 21.7. The predicted molar refractivity (Wildman–Crippen MR) is 304 cm³/mol. The number of hydrogen-bond acceptors (Lipinski definition) is 13. The van der Waals surface area contributed by atoms with Crippen molar-refractivity contribution in [1.82, 2.24) is 20.4 Å². The molecular weight excluding hydrogens is 981 g/mol. The maximum Gasteiger partial charge on any atom is 0.407 e. The quantitative estimate of drug-likeness (QED) is 0.0384. The van der Waals surface area contributed by atoms with E-state index in [0.29, 0.717) is 103 Å². The molecule has 2 aliphatic rings. The average Bonchev–Trinajstić information content (AvgIpc) is 3.64. The van der Waals surface area contributed by atoms with Crippen LogP contribution in [0.15, 0.2) is 118 Å². The minimum absolute atomic E-state index is 0.105. The number of benzene rings is 4. The number of amidine groups is 2. The second kappa shape index (κ2) is 29.6. The molecule has 19 heteroatoms. The number of ether oxygens (including phenoxy) is 2. The largest absolute Gasteiger partial charge is 0.478 e. The summed E-state index contributed by atoms with van der Waals surface area (Å²) in [6, 6.07) is 28.4. The smallest absolute Gasteiger partial charge is 0.407 e. The number of nitrogens with one attached hydrogen (secondary N) is 3. The van der Waals surface area contributed by atoms with Crippen molar-refractivity contribution >= 4 is 82.5 Å². The van der Waals surface area contributed by atoms with E-state index in [4.69, 9.17) is 26.7 Å². The summed E-state index contributed by atoms with van der Waals surface area (Å²) >= 11 is 0. The highest BCUT2D eigenvalue weighted by Crippen LogP contribution is 2.30. The van der Waals surface area contributed by atoms with Crippen LogP contribution in [0.25, 0.3) is 12.2 Å². The van der Waals surface area contributed by atoms with E-state index in [0.717, 1.165) is 18.5 Å². The third-order valence-corrected chi connectivity index (χ3v) is 11.0. The Morgan fingerprint density at radius 3 is 1.39 bits per heavy atom. The minimum Gasteiger partial charge on any atom is -0.478 e. The summed E-state index contributed by atoms with van der Waals surface area (Å²) in [5.41, 5.74) is 21.8.